The second-order valence-electron chi connectivity index (χ2n) is 8.39. The van der Waals surface area contributed by atoms with Crippen molar-refractivity contribution in [3.05, 3.63) is 29.1 Å². The molecule has 2 aliphatic rings. The van der Waals surface area contributed by atoms with Crippen molar-refractivity contribution in [2.75, 3.05) is 13.1 Å². The second-order valence-corrected chi connectivity index (χ2v) is 8.39. The zero-order valence-corrected chi connectivity index (χ0v) is 16.6. The van der Waals surface area contributed by atoms with Crippen molar-refractivity contribution in [1.82, 2.24) is 20.0 Å². The molecule has 0 unspecified atom stereocenters. The molecule has 5 nitrogen and oxygen atoms in total. The summed E-state index contributed by atoms with van der Waals surface area (Å²) in [5.41, 5.74) is 3.68. The fourth-order valence-electron chi connectivity index (χ4n) is 3.80. The lowest BCUT2D eigenvalue weighted by Gasteiger charge is -2.29. The van der Waals surface area contributed by atoms with E-state index in [0.29, 0.717) is 12.5 Å². The number of hydrogen-bond acceptors (Lipinski definition) is 3. The first-order chi connectivity index (χ1) is 12.5. The molecular formula is C21H34N4O. The Kier molecular flexibility index (Phi) is 6.52. The molecule has 26 heavy (non-hydrogen) atoms. The van der Waals surface area contributed by atoms with Crippen LogP contribution in [-0.4, -0.2) is 33.7 Å². The summed E-state index contributed by atoms with van der Waals surface area (Å²) in [4.78, 5) is 14.5. The van der Waals surface area contributed by atoms with Crippen LogP contribution in [0.4, 0.5) is 0 Å². The van der Waals surface area contributed by atoms with E-state index in [0.717, 1.165) is 44.7 Å². The van der Waals surface area contributed by atoms with Crippen LogP contribution in [0.25, 0.3) is 0 Å². The summed E-state index contributed by atoms with van der Waals surface area (Å²) >= 11 is 0. The molecule has 144 valence electrons. The van der Waals surface area contributed by atoms with Crippen molar-refractivity contribution in [2.24, 2.45) is 11.8 Å². The van der Waals surface area contributed by atoms with Crippen LogP contribution < -0.4 is 5.32 Å². The van der Waals surface area contributed by atoms with Crippen LogP contribution in [0.2, 0.25) is 0 Å². The number of nitrogens with zero attached hydrogens (tertiary/aromatic N) is 3. The fourth-order valence-corrected chi connectivity index (χ4v) is 3.80. The van der Waals surface area contributed by atoms with Crippen LogP contribution >= 0.6 is 0 Å². The smallest absolute Gasteiger partial charge is 0.223 e. The van der Waals surface area contributed by atoms with Crippen LogP contribution in [0.15, 0.2) is 17.7 Å². The Labute approximate surface area is 157 Å². The molecule has 5 heteroatoms. The first-order valence-electron chi connectivity index (χ1n) is 10.2. The molecule has 1 aliphatic heterocycles. The normalized spacial score (nSPS) is 18.7. The first kappa shape index (κ1) is 19.2. The third-order valence-electron chi connectivity index (χ3n) is 5.63. The standard InChI is InChI=1S/C21H34N4O/c1-16(2)6-4-7-17(3)14-24-10-11-25-20(15-24)12-19(23-25)13-22-21(26)18-8-5-9-18/h6,12,17-18H,4-5,7-11,13-15H2,1-3H3,(H,22,26)/t17-/m0/s1. The SMILES string of the molecule is CC(C)=CCC[C@H](C)CN1CCn2nc(CNC(=O)C3CCC3)cc2C1. The molecule has 1 aromatic rings. The molecule has 1 N–H and O–H groups in total. The molecule has 1 amide bonds. The summed E-state index contributed by atoms with van der Waals surface area (Å²) < 4.78 is 2.12. The van der Waals surface area contributed by atoms with E-state index >= 15 is 0 Å². The van der Waals surface area contributed by atoms with Gasteiger partial charge < -0.3 is 5.32 Å². The van der Waals surface area contributed by atoms with Gasteiger partial charge in [0.25, 0.3) is 0 Å². The van der Waals surface area contributed by atoms with Gasteiger partial charge in [-0.15, -0.1) is 0 Å². The first-order valence-corrected chi connectivity index (χ1v) is 10.2. The molecule has 0 saturated heterocycles. The van der Waals surface area contributed by atoms with Gasteiger partial charge in [0.2, 0.25) is 5.91 Å². The van der Waals surface area contributed by atoms with Crippen LogP contribution in [0, 0.1) is 11.8 Å². The highest BCUT2D eigenvalue weighted by Gasteiger charge is 2.25. The average molecular weight is 359 g/mol. The Morgan fingerprint density at radius 1 is 1.38 bits per heavy atom. The highest BCUT2D eigenvalue weighted by atomic mass is 16.1. The van der Waals surface area contributed by atoms with Gasteiger partial charge in [0.05, 0.1) is 24.5 Å². The van der Waals surface area contributed by atoms with Gasteiger partial charge in [-0.2, -0.15) is 5.10 Å². The molecular weight excluding hydrogens is 324 g/mol. The second kappa shape index (κ2) is 8.85. The third-order valence-corrected chi connectivity index (χ3v) is 5.63. The molecule has 1 saturated carbocycles. The maximum atomic E-state index is 12.0. The Morgan fingerprint density at radius 2 is 2.19 bits per heavy atom. The number of carbonyl (C=O) groups is 1. The number of aromatic nitrogens is 2. The van der Waals surface area contributed by atoms with Crippen LogP contribution in [0.3, 0.4) is 0 Å². The lowest BCUT2D eigenvalue weighted by atomic mass is 9.85. The molecule has 1 aliphatic carbocycles. The zero-order chi connectivity index (χ0) is 18.5. The minimum atomic E-state index is 0.203. The van der Waals surface area contributed by atoms with Gasteiger partial charge in [0.1, 0.15) is 0 Å². The van der Waals surface area contributed by atoms with Crippen LogP contribution in [0.1, 0.15) is 64.3 Å². The van der Waals surface area contributed by atoms with Crippen molar-refractivity contribution in [3.63, 3.8) is 0 Å². The van der Waals surface area contributed by atoms with Gasteiger partial charge in [-0.25, -0.2) is 0 Å². The lowest BCUT2D eigenvalue weighted by molar-refractivity contribution is -0.127. The van der Waals surface area contributed by atoms with Crippen molar-refractivity contribution in [1.29, 1.82) is 0 Å². The molecule has 0 spiro atoms. The molecule has 1 aromatic heterocycles. The predicted octanol–water partition coefficient (Wildman–Crippen LogP) is 3.50. The van der Waals surface area contributed by atoms with Crippen LogP contribution in [-0.2, 0) is 24.4 Å². The number of amides is 1. The summed E-state index contributed by atoms with van der Waals surface area (Å²) in [6.07, 6.45) is 8.06. The van der Waals surface area contributed by atoms with Crippen molar-refractivity contribution in [2.45, 2.75) is 72.5 Å². The minimum Gasteiger partial charge on any atom is -0.350 e. The molecule has 0 radical (unpaired) electrons. The van der Waals surface area contributed by atoms with Crippen molar-refractivity contribution >= 4 is 5.91 Å². The average Bonchev–Trinajstić information content (AvgIpc) is 2.93. The zero-order valence-electron chi connectivity index (χ0n) is 16.6. The summed E-state index contributed by atoms with van der Waals surface area (Å²) in [7, 11) is 0. The van der Waals surface area contributed by atoms with Crippen molar-refractivity contribution in [3.8, 4) is 0 Å². The number of carbonyl (C=O) groups excluding carboxylic acids is 1. The minimum absolute atomic E-state index is 0.203. The quantitative estimate of drug-likeness (QED) is 0.724. The van der Waals surface area contributed by atoms with Gasteiger partial charge in [0, 0.05) is 25.6 Å². The largest absolute Gasteiger partial charge is 0.350 e. The van der Waals surface area contributed by atoms with Gasteiger partial charge in [-0.1, -0.05) is 25.0 Å². The fraction of sp³-hybridized carbons (Fsp3) is 0.714. The summed E-state index contributed by atoms with van der Waals surface area (Å²) in [6.45, 7) is 11.4. The van der Waals surface area contributed by atoms with Gasteiger partial charge in [-0.3, -0.25) is 14.4 Å². The molecule has 1 fully saturated rings. The maximum Gasteiger partial charge on any atom is 0.223 e. The Morgan fingerprint density at radius 3 is 2.88 bits per heavy atom. The van der Waals surface area contributed by atoms with E-state index in [9.17, 15) is 4.79 Å². The van der Waals surface area contributed by atoms with E-state index in [1.807, 2.05) is 0 Å². The Hall–Kier alpha value is -1.62. The van der Waals surface area contributed by atoms with E-state index in [2.05, 4.69) is 52.9 Å². The number of fused-ring (bicyclic) bond motifs is 1. The predicted molar refractivity (Wildman–Crippen MR) is 105 cm³/mol. The summed E-state index contributed by atoms with van der Waals surface area (Å²) in [6, 6.07) is 2.17. The molecule has 0 bridgehead atoms. The topological polar surface area (TPSA) is 50.2 Å². The van der Waals surface area contributed by atoms with Gasteiger partial charge in [0.15, 0.2) is 0 Å². The van der Waals surface area contributed by atoms with E-state index in [-0.39, 0.29) is 11.8 Å². The number of allylic oxidation sites excluding steroid dienone is 2. The molecule has 2 heterocycles. The maximum absolute atomic E-state index is 12.0. The third kappa shape index (κ3) is 5.19. The summed E-state index contributed by atoms with van der Waals surface area (Å²) in [5, 5.41) is 7.73. The number of nitrogens with one attached hydrogen (secondary N) is 1. The molecule has 3 rings (SSSR count). The van der Waals surface area contributed by atoms with Crippen molar-refractivity contribution < 1.29 is 4.79 Å². The molecule has 0 aromatic carbocycles. The Balaban J connectivity index is 1.45. The highest BCUT2D eigenvalue weighted by molar-refractivity contribution is 5.79. The van der Waals surface area contributed by atoms with Gasteiger partial charge >= 0.3 is 0 Å². The monoisotopic (exact) mass is 358 g/mol. The van der Waals surface area contributed by atoms with E-state index in [1.54, 1.807) is 0 Å². The summed E-state index contributed by atoms with van der Waals surface area (Å²) in [5.74, 6) is 1.16. The lowest BCUT2D eigenvalue weighted by Crippen LogP contribution is -2.36. The number of hydrogen-bond donors (Lipinski definition) is 1. The van der Waals surface area contributed by atoms with Gasteiger partial charge in [-0.05, 0) is 51.5 Å². The van der Waals surface area contributed by atoms with E-state index in [1.165, 1.54) is 30.5 Å². The molecule has 1 atom stereocenters. The number of rotatable bonds is 8. The Bertz CT molecular complexity index is 640. The highest BCUT2D eigenvalue weighted by Crippen LogP contribution is 2.26. The van der Waals surface area contributed by atoms with E-state index < -0.39 is 0 Å². The van der Waals surface area contributed by atoms with E-state index in [4.69, 9.17) is 0 Å². The van der Waals surface area contributed by atoms with Crippen LogP contribution in [0.5, 0.6) is 0 Å².